The average molecular weight is 289 g/mol. The normalized spacial score (nSPS) is 17.0. The first-order valence-electron chi connectivity index (χ1n) is 8.84. The zero-order valence-corrected chi connectivity index (χ0v) is 13.8. The average Bonchev–Trinajstić information content (AvgIpc) is 2.92. The lowest BCUT2D eigenvalue weighted by molar-refractivity contribution is 0.302. The molecule has 0 spiro atoms. The van der Waals surface area contributed by atoms with Crippen LogP contribution in [-0.4, -0.2) is 13.2 Å². The lowest BCUT2D eigenvalue weighted by atomic mass is 10.1. The molecule has 1 atom stereocenters. The molecular weight excluding hydrogens is 258 g/mol. The molecule has 118 valence electrons. The number of rotatable bonds is 10. The molecule has 21 heavy (non-hydrogen) atoms. The predicted octanol–water partition coefficient (Wildman–Crippen LogP) is 5.02. The zero-order chi connectivity index (χ0) is 14.9. The van der Waals surface area contributed by atoms with Crippen LogP contribution in [0, 0.1) is 0 Å². The van der Waals surface area contributed by atoms with Crippen molar-refractivity contribution in [3.8, 4) is 5.75 Å². The molecule has 1 N–H and O–H groups in total. The van der Waals surface area contributed by atoms with Crippen LogP contribution in [0.15, 0.2) is 18.2 Å². The molecule has 0 saturated heterocycles. The van der Waals surface area contributed by atoms with Crippen LogP contribution in [0.4, 0.5) is 0 Å². The molecule has 0 aromatic heterocycles. The van der Waals surface area contributed by atoms with Gasteiger partial charge in [0.2, 0.25) is 0 Å². The highest BCUT2D eigenvalue weighted by Crippen LogP contribution is 2.36. The number of hydrogen-bond donors (Lipinski definition) is 1. The molecule has 1 aromatic rings. The number of hydrogen-bond acceptors (Lipinski definition) is 2. The summed E-state index contributed by atoms with van der Waals surface area (Å²) in [6, 6.07) is 7.10. The summed E-state index contributed by atoms with van der Waals surface area (Å²) < 4.78 is 6.05. The third kappa shape index (κ3) is 4.74. The van der Waals surface area contributed by atoms with Crippen molar-refractivity contribution in [1.29, 1.82) is 0 Å². The van der Waals surface area contributed by atoms with Crippen LogP contribution in [0.1, 0.15) is 76.0 Å². The van der Waals surface area contributed by atoms with Gasteiger partial charge in [-0.25, -0.2) is 0 Å². The second-order valence-corrected chi connectivity index (χ2v) is 6.13. The lowest BCUT2D eigenvalue weighted by Gasteiger charge is -2.15. The summed E-state index contributed by atoms with van der Waals surface area (Å²) in [5, 5.41) is 3.65. The quantitative estimate of drug-likeness (QED) is 0.610. The molecule has 0 amide bonds. The summed E-state index contributed by atoms with van der Waals surface area (Å²) in [6.45, 7) is 6.45. The van der Waals surface area contributed by atoms with Crippen LogP contribution in [0.3, 0.4) is 0 Å². The summed E-state index contributed by atoms with van der Waals surface area (Å²) in [5.41, 5.74) is 2.91. The molecule has 1 unspecified atom stereocenters. The van der Waals surface area contributed by atoms with E-state index in [2.05, 4.69) is 37.4 Å². The van der Waals surface area contributed by atoms with Crippen LogP contribution in [0.5, 0.6) is 5.75 Å². The second-order valence-electron chi connectivity index (χ2n) is 6.13. The van der Waals surface area contributed by atoms with Crippen molar-refractivity contribution in [3.63, 3.8) is 0 Å². The Balaban J connectivity index is 1.83. The highest BCUT2D eigenvalue weighted by molar-refractivity contribution is 5.45. The highest BCUT2D eigenvalue weighted by atomic mass is 16.5. The van der Waals surface area contributed by atoms with E-state index in [1.165, 1.54) is 56.1 Å². The first kappa shape index (κ1) is 16.4. The van der Waals surface area contributed by atoms with Crippen LogP contribution in [-0.2, 0) is 6.42 Å². The molecule has 0 bridgehead atoms. The summed E-state index contributed by atoms with van der Waals surface area (Å²) in [5.74, 6) is 1.13. The number of unbranched alkanes of at least 4 members (excludes halogenated alkanes) is 4. The standard InChI is InChI=1S/C19H31NO/c1-3-5-6-7-8-15-21-19-11-9-10-16-17(19)12-13-18(16)20-14-4-2/h9-11,18,20H,3-8,12-15H2,1-2H3. The van der Waals surface area contributed by atoms with Gasteiger partial charge in [0.25, 0.3) is 0 Å². The van der Waals surface area contributed by atoms with Gasteiger partial charge in [0.15, 0.2) is 0 Å². The monoisotopic (exact) mass is 289 g/mol. The second kappa shape index (κ2) is 9.09. The van der Waals surface area contributed by atoms with Crippen molar-refractivity contribution in [2.24, 2.45) is 0 Å². The number of nitrogens with one attached hydrogen (secondary N) is 1. The third-order valence-electron chi connectivity index (χ3n) is 4.37. The van der Waals surface area contributed by atoms with Crippen molar-refractivity contribution in [2.45, 2.75) is 71.3 Å². The molecule has 1 aliphatic rings. The third-order valence-corrected chi connectivity index (χ3v) is 4.37. The lowest BCUT2D eigenvalue weighted by Crippen LogP contribution is -2.19. The fourth-order valence-electron chi connectivity index (χ4n) is 3.17. The Bertz CT molecular complexity index is 416. The minimum Gasteiger partial charge on any atom is -0.493 e. The maximum Gasteiger partial charge on any atom is 0.122 e. The van der Waals surface area contributed by atoms with E-state index in [1.807, 2.05) is 0 Å². The molecule has 2 rings (SSSR count). The molecule has 0 aliphatic heterocycles. The molecule has 0 radical (unpaired) electrons. The van der Waals surface area contributed by atoms with Gasteiger partial charge in [-0.1, -0.05) is 51.7 Å². The van der Waals surface area contributed by atoms with Crippen molar-refractivity contribution in [1.82, 2.24) is 5.32 Å². The van der Waals surface area contributed by atoms with Gasteiger partial charge in [-0.2, -0.15) is 0 Å². The Morgan fingerprint density at radius 2 is 1.95 bits per heavy atom. The highest BCUT2D eigenvalue weighted by Gasteiger charge is 2.24. The molecule has 0 fully saturated rings. The van der Waals surface area contributed by atoms with E-state index in [1.54, 1.807) is 0 Å². The number of fused-ring (bicyclic) bond motifs is 1. The molecule has 2 nitrogen and oxygen atoms in total. The number of ether oxygens (including phenoxy) is 1. The van der Waals surface area contributed by atoms with Gasteiger partial charge < -0.3 is 10.1 Å². The fraction of sp³-hybridized carbons (Fsp3) is 0.684. The minimum atomic E-state index is 0.535. The first-order valence-corrected chi connectivity index (χ1v) is 8.84. The van der Waals surface area contributed by atoms with Gasteiger partial charge in [0.1, 0.15) is 5.75 Å². The smallest absolute Gasteiger partial charge is 0.122 e. The summed E-state index contributed by atoms with van der Waals surface area (Å²) in [7, 11) is 0. The van der Waals surface area contributed by atoms with Crippen LogP contribution < -0.4 is 10.1 Å². The van der Waals surface area contributed by atoms with Crippen molar-refractivity contribution >= 4 is 0 Å². The van der Waals surface area contributed by atoms with Gasteiger partial charge in [-0.05, 0) is 49.4 Å². The predicted molar refractivity (Wildman–Crippen MR) is 90.1 cm³/mol. The zero-order valence-electron chi connectivity index (χ0n) is 13.8. The van der Waals surface area contributed by atoms with Crippen LogP contribution in [0.2, 0.25) is 0 Å². The van der Waals surface area contributed by atoms with E-state index in [4.69, 9.17) is 4.74 Å². The molecule has 2 heteroatoms. The maximum absolute atomic E-state index is 6.05. The van der Waals surface area contributed by atoms with Crippen molar-refractivity contribution in [3.05, 3.63) is 29.3 Å². The van der Waals surface area contributed by atoms with Gasteiger partial charge in [-0.3, -0.25) is 0 Å². The van der Waals surface area contributed by atoms with E-state index in [-0.39, 0.29) is 0 Å². The molecule has 0 heterocycles. The van der Waals surface area contributed by atoms with E-state index in [0.717, 1.165) is 25.3 Å². The SMILES string of the molecule is CCCCCCCOc1cccc2c1CCC2NCCC. The Morgan fingerprint density at radius 1 is 1.10 bits per heavy atom. The van der Waals surface area contributed by atoms with E-state index in [0.29, 0.717) is 6.04 Å². The van der Waals surface area contributed by atoms with Crippen LogP contribution >= 0.6 is 0 Å². The Morgan fingerprint density at radius 3 is 2.76 bits per heavy atom. The Labute approximate surface area is 130 Å². The first-order chi connectivity index (χ1) is 10.4. The topological polar surface area (TPSA) is 21.3 Å². The Kier molecular flexibility index (Phi) is 7.08. The van der Waals surface area contributed by atoms with Gasteiger partial charge >= 0.3 is 0 Å². The summed E-state index contributed by atoms with van der Waals surface area (Å²) in [6.07, 6.45) is 10.0. The van der Waals surface area contributed by atoms with E-state index >= 15 is 0 Å². The molecule has 1 aliphatic carbocycles. The van der Waals surface area contributed by atoms with Gasteiger partial charge in [0, 0.05) is 6.04 Å². The van der Waals surface area contributed by atoms with Crippen LogP contribution in [0.25, 0.3) is 0 Å². The largest absolute Gasteiger partial charge is 0.493 e. The van der Waals surface area contributed by atoms with Gasteiger partial charge in [-0.15, -0.1) is 0 Å². The maximum atomic E-state index is 6.05. The van der Waals surface area contributed by atoms with E-state index < -0.39 is 0 Å². The molecular formula is C19H31NO. The summed E-state index contributed by atoms with van der Waals surface area (Å²) in [4.78, 5) is 0. The number of benzene rings is 1. The molecule has 1 aromatic carbocycles. The fourth-order valence-corrected chi connectivity index (χ4v) is 3.17. The summed E-state index contributed by atoms with van der Waals surface area (Å²) >= 11 is 0. The van der Waals surface area contributed by atoms with Crippen molar-refractivity contribution in [2.75, 3.05) is 13.2 Å². The Hall–Kier alpha value is -1.02. The molecule has 0 saturated carbocycles. The van der Waals surface area contributed by atoms with Crippen molar-refractivity contribution < 1.29 is 4.74 Å². The van der Waals surface area contributed by atoms with E-state index in [9.17, 15) is 0 Å². The minimum absolute atomic E-state index is 0.535. The van der Waals surface area contributed by atoms with Gasteiger partial charge in [0.05, 0.1) is 6.61 Å².